The molecule has 2 nitrogen and oxygen atoms in total. The third-order valence-corrected chi connectivity index (χ3v) is 12.5. The minimum atomic E-state index is -2.21. The molecule has 0 aliphatic heterocycles. The Kier molecular flexibility index (Phi) is 7.88. The van der Waals surface area contributed by atoms with Crippen LogP contribution in [0.3, 0.4) is 0 Å². The van der Waals surface area contributed by atoms with Gasteiger partial charge in [0.25, 0.3) is 0 Å². The fourth-order valence-electron chi connectivity index (χ4n) is 5.17. The second-order valence-corrected chi connectivity index (χ2v) is 13.4. The van der Waals surface area contributed by atoms with E-state index in [0.717, 1.165) is 28.8 Å². The lowest BCUT2D eigenvalue weighted by Gasteiger charge is -2.46. The van der Waals surface area contributed by atoms with E-state index in [2.05, 4.69) is 115 Å². The van der Waals surface area contributed by atoms with E-state index in [1.807, 2.05) is 24.3 Å². The summed E-state index contributed by atoms with van der Waals surface area (Å²) in [6.45, 7) is 0. The van der Waals surface area contributed by atoms with E-state index >= 15 is 0 Å². The standard InChI is InChI=1S/C34H31O2PS/c1-35-29-22-18-27(19-23-29)34(38,28-20-24-30(36-2)25-21-28)26-37(31-12-6-3-7-13-31,32-14-8-4-9-15-32)33-16-10-5-11-17-33/h3-25H,26H2,1-2H3. The van der Waals surface area contributed by atoms with Crippen LogP contribution in [0.1, 0.15) is 11.1 Å². The van der Waals surface area contributed by atoms with Crippen LogP contribution in [0.25, 0.3) is 0 Å². The number of hydrogen-bond acceptors (Lipinski definition) is 3. The maximum absolute atomic E-state index is 6.79. The lowest BCUT2D eigenvalue weighted by Crippen LogP contribution is -2.41. The first-order valence-corrected chi connectivity index (χ1v) is 15.0. The highest BCUT2D eigenvalue weighted by Gasteiger charge is 2.48. The molecule has 0 saturated carbocycles. The molecule has 0 unspecified atom stereocenters. The first kappa shape index (κ1) is 26.1. The van der Waals surface area contributed by atoms with Gasteiger partial charge in [-0.15, -0.1) is 0 Å². The van der Waals surface area contributed by atoms with Crippen LogP contribution in [0.2, 0.25) is 0 Å². The summed E-state index contributed by atoms with van der Waals surface area (Å²) in [4.78, 5) is 0. The molecule has 0 aliphatic rings. The molecule has 4 heteroatoms. The third kappa shape index (κ3) is 4.97. The van der Waals surface area contributed by atoms with E-state index < -0.39 is 12.0 Å². The molecule has 5 rings (SSSR count). The summed E-state index contributed by atoms with van der Waals surface area (Å²) in [7, 11) is 1.17. The van der Waals surface area contributed by atoms with Gasteiger partial charge in [-0.3, -0.25) is 0 Å². The molecule has 0 aromatic heterocycles. The van der Waals surface area contributed by atoms with Crippen molar-refractivity contribution in [3.63, 3.8) is 0 Å². The van der Waals surface area contributed by atoms with Crippen LogP contribution in [0, 0.1) is 0 Å². The topological polar surface area (TPSA) is 18.5 Å². The Hall–Kier alpha value is -3.52. The first-order chi connectivity index (χ1) is 18.6. The number of benzene rings is 5. The lowest BCUT2D eigenvalue weighted by molar-refractivity contribution is 0.414. The number of methoxy groups -OCH3 is 2. The zero-order valence-corrected chi connectivity index (χ0v) is 23.4. The van der Waals surface area contributed by atoms with Crippen molar-refractivity contribution in [2.24, 2.45) is 0 Å². The quantitative estimate of drug-likeness (QED) is 0.159. The second-order valence-electron chi connectivity index (χ2n) is 9.26. The molecule has 0 N–H and O–H groups in total. The first-order valence-electron chi connectivity index (χ1n) is 12.6. The molecule has 38 heavy (non-hydrogen) atoms. The van der Waals surface area contributed by atoms with E-state index in [1.165, 1.54) is 15.9 Å². The van der Waals surface area contributed by atoms with Gasteiger partial charge in [-0.05, 0) is 60.7 Å². The van der Waals surface area contributed by atoms with Gasteiger partial charge in [0.15, 0.2) is 0 Å². The van der Waals surface area contributed by atoms with Crippen molar-refractivity contribution >= 4 is 35.8 Å². The van der Waals surface area contributed by atoms with Gasteiger partial charge in [-0.2, -0.15) is 0 Å². The second kappa shape index (κ2) is 11.5. The number of rotatable bonds is 9. The summed E-state index contributed by atoms with van der Waals surface area (Å²) in [6, 6.07) is 49.2. The highest BCUT2D eigenvalue weighted by atomic mass is 32.1. The molecule has 5 aromatic rings. The van der Waals surface area contributed by atoms with Crippen LogP contribution in [-0.2, 0) is 17.4 Å². The van der Waals surface area contributed by atoms with E-state index in [-0.39, 0.29) is 0 Å². The van der Waals surface area contributed by atoms with Gasteiger partial charge in [0.2, 0.25) is 0 Å². The molecule has 0 aliphatic carbocycles. The Morgan fingerprint density at radius 1 is 0.500 bits per heavy atom. The van der Waals surface area contributed by atoms with Crippen LogP contribution < -0.4 is 25.4 Å². The van der Waals surface area contributed by atoms with E-state index in [0.29, 0.717) is 0 Å². The predicted molar refractivity (Wildman–Crippen MR) is 164 cm³/mol. The summed E-state index contributed by atoms with van der Waals surface area (Å²) in [6.07, 6.45) is 0.742. The van der Waals surface area contributed by atoms with E-state index in [4.69, 9.17) is 22.1 Å². The summed E-state index contributed by atoms with van der Waals surface area (Å²) < 4.78 is 10.3. The predicted octanol–water partition coefficient (Wildman–Crippen LogP) is 6.49. The fraction of sp³-hybridized carbons (Fsp3) is 0.118. The van der Waals surface area contributed by atoms with Crippen molar-refractivity contribution in [3.8, 4) is 11.5 Å². The fourth-order valence-corrected chi connectivity index (χ4v) is 10.5. The normalized spacial score (nSPS) is 11.7. The highest BCUT2D eigenvalue weighted by molar-refractivity contribution is 7.96. The smallest absolute Gasteiger partial charge is 0.118 e. The van der Waals surface area contributed by atoms with Crippen molar-refractivity contribution < 1.29 is 9.47 Å². The average Bonchev–Trinajstić information content (AvgIpc) is 3.01. The minimum Gasteiger partial charge on any atom is -0.773 e. The zero-order chi connectivity index (χ0) is 26.4. The largest absolute Gasteiger partial charge is 0.773 e. The van der Waals surface area contributed by atoms with Crippen LogP contribution in [0.5, 0.6) is 11.5 Å². The summed E-state index contributed by atoms with van der Waals surface area (Å²) >= 11 is 6.79. The van der Waals surface area contributed by atoms with Gasteiger partial charge >= 0.3 is 0 Å². The Morgan fingerprint density at radius 2 is 0.816 bits per heavy atom. The molecule has 0 saturated heterocycles. The zero-order valence-electron chi connectivity index (χ0n) is 21.7. The molecule has 0 bridgehead atoms. The molecule has 0 heterocycles. The van der Waals surface area contributed by atoms with Gasteiger partial charge < -0.3 is 22.1 Å². The average molecular weight is 535 g/mol. The Morgan fingerprint density at radius 3 is 1.11 bits per heavy atom. The number of ether oxygens (including phenoxy) is 2. The maximum Gasteiger partial charge on any atom is 0.118 e. The van der Waals surface area contributed by atoms with Crippen molar-refractivity contribution in [1.29, 1.82) is 0 Å². The lowest BCUT2D eigenvalue weighted by atomic mass is 9.91. The van der Waals surface area contributed by atoms with Crippen LogP contribution >= 0.6 is 7.26 Å². The minimum absolute atomic E-state index is 0.714. The number of hydrogen-bond donors (Lipinski definition) is 0. The molecular formula is C34H31O2PS. The van der Waals surface area contributed by atoms with Crippen LogP contribution in [0.15, 0.2) is 140 Å². The molecule has 0 spiro atoms. The third-order valence-electron chi connectivity index (χ3n) is 7.16. The van der Waals surface area contributed by atoms with Gasteiger partial charge in [-0.25, -0.2) is 0 Å². The van der Waals surface area contributed by atoms with Gasteiger partial charge in [0.1, 0.15) is 34.7 Å². The summed E-state index contributed by atoms with van der Waals surface area (Å²) in [5.41, 5.74) is 2.15. The molecule has 0 fully saturated rings. The Balaban J connectivity index is 1.81. The van der Waals surface area contributed by atoms with Crippen molar-refractivity contribution in [2.45, 2.75) is 4.75 Å². The molecule has 0 amide bonds. The van der Waals surface area contributed by atoms with Gasteiger partial charge in [-0.1, -0.05) is 94.7 Å². The summed E-state index contributed by atoms with van der Waals surface area (Å²) in [5.74, 6) is 1.63. The monoisotopic (exact) mass is 534 g/mol. The Labute approximate surface area is 232 Å². The molecular weight excluding hydrogens is 503 g/mol. The van der Waals surface area contributed by atoms with E-state index in [9.17, 15) is 0 Å². The van der Waals surface area contributed by atoms with Crippen molar-refractivity contribution in [1.82, 2.24) is 0 Å². The molecule has 5 aromatic carbocycles. The highest BCUT2D eigenvalue weighted by Crippen LogP contribution is 2.60. The van der Waals surface area contributed by atoms with Crippen LogP contribution in [-0.4, -0.2) is 20.4 Å². The SMILES string of the molecule is COc1ccc(C([S-])(C[P+](c2ccccc2)(c2ccccc2)c2ccccc2)c2ccc(OC)cc2)cc1. The molecule has 0 radical (unpaired) electrons. The molecule has 0 atom stereocenters. The maximum atomic E-state index is 6.79. The van der Waals surface area contributed by atoms with Crippen molar-refractivity contribution in [2.75, 3.05) is 20.4 Å². The summed E-state index contributed by atoms with van der Waals surface area (Å²) in [5, 5.41) is 3.94. The van der Waals surface area contributed by atoms with E-state index in [1.54, 1.807) is 14.2 Å². The molecule has 190 valence electrons. The van der Waals surface area contributed by atoms with Crippen molar-refractivity contribution in [3.05, 3.63) is 151 Å². The van der Waals surface area contributed by atoms with Crippen LogP contribution in [0.4, 0.5) is 0 Å². The Bertz CT molecular complexity index is 1290. The van der Waals surface area contributed by atoms with Gasteiger partial charge in [0, 0.05) is 0 Å². The van der Waals surface area contributed by atoms with Gasteiger partial charge in [0.05, 0.1) is 20.4 Å².